The van der Waals surface area contributed by atoms with E-state index in [-0.39, 0.29) is 12.1 Å². The molecule has 0 amide bonds. The number of methoxy groups -OCH3 is 1. The number of carbonyl (C=O) groups is 2. The number of benzene rings is 1. The number of rotatable bonds is 6. The van der Waals surface area contributed by atoms with Crippen molar-refractivity contribution < 1.29 is 28.6 Å². The molecule has 1 unspecified atom stereocenters. The molecule has 2 aliphatic heterocycles. The van der Waals surface area contributed by atoms with E-state index >= 15 is 0 Å². The number of esters is 1. The minimum atomic E-state index is -1.02. The first kappa shape index (κ1) is 24.5. The van der Waals surface area contributed by atoms with Crippen LogP contribution in [0.25, 0.3) is 0 Å². The molecule has 180 valence electrons. The first-order valence-corrected chi connectivity index (χ1v) is 12.1. The lowest BCUT2D eigenvalue weighted by atomic mass is 9.95. The second-order valence-electron chi connectivity index (χ2n) is 7.72. The molecule has 1 saturated heterocycles. The summed E-state index contributed by atoms with van der Waals surface area (Å²) in [6.07, 6.45) is 1.10. The van der Waals surface area contributed by atoms with Gasteiger partial charge in [-0.2, -0.15) is 0 Å². The van der Waals surface area contributed by atoms with E-state index in [0.717, 1.165) is 0 Å². The van der Waals surface area contributed by atoms with Gasteiger partial charge in [0, 0.05) is 34.8 Å². The van der Waals surface area contributed by atoms with Crippen LogP contribution in [0.15, 0.2) is 50.5 Å². The number of carboxylic acid groups (broad SMARTS) is 1. The number of hydrogen-bond acceptors (Lipinski definition) is 9. The molecule has 2 aromatic rings. The number of thiazole rings is 1. The van der Waals surface area contributed by atoms with Crippen molar-refractivity contribution >= 4 is 45.0 Å². The zero-order valence-electron chi connectivity index (χ0n) is 18.3. The Labute approximate surface area is 207 Å². The number of carbonyl (C=O) groups excluding carboxylic acids is 1. The SMILES string of the molecule is COC(=O)C1=C(CN2CCO[C@H](C)[C@H]2C(=O)O)NC(c2nccs2)=NC1c1ccc(F)cc1Br. The van der Waals surface area contributed by atoms with E-state index in [1.807, 2.05) is 0 Å². The minimum absolute atomic E-state index is 0.106. The summed E-state index contributed by atoms with van der Waals surface area (Å²) >= 11 is 4.74. The fourth-order valence-corrected chi connectivity index (χ4v) is 5.24. The van der Waals surface area contributed by atoms with Crippen LogP contribution in [0.2, 0.25) is 0 Å². The number of aliphatic imine (C=N–C) groups is 1. The Kier molecular flexibility index (Phi) is 7.41. The normalized spacial score (nSPS) is 23.3. The molecule has 0 aliphatic carbocycles. The van der Waals surface area contributed by atoms with Gasteiger partial charge in [0.25, 0.3) is 0 Å². The van der Waals surface area contributed by atoms with Crippen molar-refractivity contribution in [1.29, 1.82) is 0 Å². The predicted molar refractivity (Wildman–Crippen MR) is 126 cm³/mol. The van der Waals surface area contributed by atoms with Gasteiger partial charge in [0.05, 0.1) is 25.4 Å². The minimum Gasteiger partial charge on any atom is -0.480 e. The summed E-state index contributed by atoms with van der Waals surface area (Å²) in [4.78, 5) is 35.8. The lowest BCUT2D eigenvalue weighted by Crippen LogP contribution is -2.56. The van der Waals surface area contributed by atoms with E-state index in [2.05, 4.69) is 26.2 Å². The fraction of sp³-hybridized carbons (Fsp3) is 0.364. The van der Waals surface area contributed by atoms with Crippen LogP contribution in [0, 0.1) is 5.82 Å². The molecule has 0 spiro atoms. The molecule has 9 nitrogen and oxygen atoms in total. The van der Waals surface area contributed by atoms with Crippen LogP contribution < -0.4 is 5.32 Å². The molecule has 1 aromatic heterocycles. The van der Waals surface area contributed by atoms with E-state index in [1.165, 1.54) is 30.6 Å². The highest BCUT2D eigenvalue weighted by atomic mass is 79.9. The van der Waals surface area contributed by atoms with E-state index in [4.69, 9.17) is 14.5 Å². The van der Waals surface area contributed by atoms with Gasteiger partial charge in [-0.1, -0.05) is 22.0 Å². The number of carboxylic acids is 1. The molecule has 0 radical (unpaired) electrons. The number of halogens is 2. The predicted octanol–water partition coefficient (Wildman–Crippen LogP) is 2.74. The van der Waals surface area contributed by atoms with Gasteiger partial charge in [-0.25, -0.2) is 14.2 Å². The van der Waals surface area contributed by atoms with Crippen LogP contribution in [0.3, 0.4) is 0 Å². The molecule has 34 heavy (non-hydrogen) atoms. The zero-order valence-corrected chi connectivity index (χ0v) is 20.7. The standard InChI is InChI=1S/C22H22BrFN4O5S/c1-11-18(21(29)30)28(6-7-33-11)10-15-16(22(31)32-2)17(13-4-3-12(24)9-14(13)23)27-19(26-15)20-25-5-8-34-20/h3-5,8-9,11,17-18H,6-7,10H2,1-2H3,(H,26,27)(H,29,30)/t11-,17?,18+/m1/s1. The van der Waals surface area contributed by atoms with Gasteiger partial charge in [-0.3, -0.25) is 14.7 Å². The average Bonchev–Trinajstić information content (AvgIpc) is 3.33. The fourth-order valence-electron chi connectivity index (χ4n) is 4.09. The molecular formula is C22H22BrFN4O5S. The van der Waals surface area contributed by atoms with Crippen LogP contribution in [0.4, 0.5) is 4.39 Å². The Balaban J connectivity index is 1.83. The lowest BCUT2D eigenvalue weighted by Gasteiger charge is -2.38. The van der Waals surface area contributed by atoms with Gasteiger partial charge in [0.2, 0.25) is 0 Å². The molecule has 3 heterocycles. The molecule has 2 N–H and O–H groups in total. The summed E-state index contributed by atoms with van der Waals surface area (Å²) < 4.78 is 24.9. The van der Waals surface area contributed by atoms with Crippen LogP contribution in [0.5, 0.6) is 0 Å². The maximum atomic E-state index is 13.8. The van der Waals surface area contributed by atoms with Gasteiger partial charge in [0.15, 0.2) is 10.8 Å². The topological polar surface area (TPSA) is 113 Å². The number of aliphatic carboxylic acids is 1. The van der Waals surface area contributed by atoms with Crippen LogP contribution in [-0.4, -0.2) is 71.7 Å². The van der Waals surface area contributed by atoms with E-state index in [1.54, 1.807) is 29.5 Å². The summed E-state index contributed by atoms with van der Waals surface area (Å²) in [6.45, 7) is 2.52. The van der Waals surface area contributed by atoms with Crippen molar-refractivity contribution in [3.8, 4) is 0 Å². The van der Waals surface area contributed by atoms with Crippen LogP contribution >= 0.6 is 27.3 Å². The highest BCUT2D eigenvalue weighted by Gasteiger charge is 2.39. The number of nitrogens with one attached hydrogen (secondary N) is 1. The van der Waals surface area contributed by atoms with E-state index < -0.39 is 35.9 Å². The zero-order chi connectivity index (χ0) is 24.4. The first-order valence-electron chi connectivity index (χ1n) is 10.4. The first-order chi connectivity index (χ1) is 16.3. The van der Waals surface area contributed by atoms with Crippen LogP contribution in [0.1, 0.15) is 23.5 Å². The van der Waals surface area contributed by atoms with Crippen molar-refractivity contribution in [3.05, 3.63) is 61.9 Å². The number of morpholine rings is 1. The molecule has 0 bridgehead atoms. The Morgan fingerprint density at radius 1 is 1.44 bits per heavy atom. The Morgan fingerprint density at radius 3 is 2.88 bits per heavy atom. The molecule has 4 rings (SSSR count). The monoisotopic (exact) mass is 552 g/mol. The summed E-state index contributed by atoms with van der Waals surface area (Å²) in [7, 11) is 1.26. The Morgan fingerprint density at radius 2 is 2.24 bits per heavy atom. The number of amidine groups is 1. The summed E-state index contributed by atoms with van der Waals surface area (Å²) in [6, 6.07) is 2.41. The third kappa shape index (κ3) is 4.90. The molecular weight excluding hydrogens is 531 g/mol. The van der Waals surface area contributed by atoms with Crippen molar-refractivity contribution in [2.75, 3.05) is 26.8 Å². The third-order valence-electron chi connectivity index (χ3n) is 5.63. The van der Waals surface area contributed by atoms with E-state index in [0.29, 0.717) is 39.7 Å². The Hall–Kier alpha value is -2.67. The molecule has 1 aromatic carbocycles. The molecule has 0 saturated carbocycles. The van der Waals surface area contributed by atoms with Crippen molar-refractivity contribution in [3.63, 3.8) is 0 Å². The average molecular weight is 553 g/mol. The van der Waals surface area contributed by atoms with Crippen molar-refractivity contribution in [2.45, 2.75) is 25.1 Å². The lowest BCUT2D eigenvalue weighted by molar-refractivity contribution is -0.155. The second-order valence-corrected chi connectivity index (χ2v) is 9.47. The summed E-state index contributed by atoms with van der Waals surface area (Å²) in [5.41, 5.74) is 1.20. The molecule has 1 fully saturated rings. The van der Waals surface area contributed by atoms with Gasteiger partial charge in [-0.05, 0) is 24.6 Å². The highest BCUT2D eigenvalue weighted by Crippen LogP contribution is 2.37. The summed E-state index contributed by atoms with van der Waals surface area (Å²) in [5, 5.41) is 15.4. The van der Waals surface area contributed by atoms with Gasteiger partial charge < -0.3 is 19.9 Å². The second kappa shape index (κ2) is 10.3. The largest absolute Gasteiger partial charge is 0.480 e. The smallest absolute Gasteiger partial charge is 0.338 e. The number of nitrogens with zero attached hydrogens (tertiary/aromatic N) is 3. The number of aromatic nitrogens is 1. The maximum Gasteiger partial charge on any atom is 0.338 e. The van der Waals surface area contributed by atoms with E-state index in [9.17, 15) is 19.1 Å². The van der Waals surface area contributed by atoms with Gasteiger partial charge in [-0.15, -0.1) is 11.3 Å². The highest BCUT2D eigenvalue weighted by molar-refractivity contribution is 9.10. The number of hydrogen-bond donors (Lipinski definition) is 2. The van der Waals surface area contributed by atoms with Crippen molar-refractivity contribution in [1.82, 2.24) is 15.2 Å². The third-order valence-corrected chi connectivity index (χ3v) is 7.10. The van der Waals surface area contributed by atoms with Gasteiger partial charge in [0.1, 0.15) is 17.9 Å². The maximum absolute atomic E-state index is 13.8. The summed E-state index contributed by atoms with van der Waals surface area (Å²) in [5.74, 6) is -1.66. The quantitative estimate of drug-likeness (QED) is 0.526. The molecule has 12 heteroatoms. The molecule has 2 aliphatic rings. The van der Waals surface area contributed by atoms with Crippen molar-refractivity contribution in [2.24, 2.45) is 4.99 Å². The molecule has 3 atom stereocenters. The van der Waals surface area contributed by atoms with Gasteiger partial charge >= 0.3 is 11.9 Å². The van der Waals surface area contributed by atoms with Crippen LogP contribution in [-0.2, 0) is 19.1 Å². The number of ether oxygens (including phenoxy) is 2. The Bertz CT molecular complexity index is 1160.